The Bertz CT molecular complexity index is 708. The minimum absolute atomic E-state index is 0.0337. The van der Waals surface area contributed by atoms with E-state index in [4.69, 9.17) is 5.11 Å². The van der Waals surface area contributed by atoms with Crippen LogP contribution in [0.4, 0.5) is 5.69 Å². The van der Waals surface area contributed by atoms with E-state index < -0.39 is 5.97 Å². The largest absolute Gasteiger partial charge is 0.476 e. The third-order valence-corrected chi connectivity index (χ3v) is 3.63. The molecule has 21 heavy (non-hydrogen) atoms. The second-order valence-corrected chi connectivity index (χ2v) is 5.15. The second-order valence-electron chi connectivity index (χ2n) is 5.15. The maximum atomic E-state index is 12.5. The summed E-state index contributed by atoms with van der Waals surface area (Å²) in [5.74, 6) is -1.19. The molecular formula is C15H15N3O3. The number of anilines is 1. The van der Waals surface area contributed by atoms with Crippen molar-refractivity contribution in [2.45, 2.75) is 25.9 Å². The van der Waals surface area contributed by atoms with Crippen molar-refractivity contribution >= 4 is 17.6 Å². The van der Waals surface area contributed by atoms with E-state index in [1.807, 2.05) is 31.2 Å². The molecule has 1 amide bonds. The van der Waals surface area contributed by atoms with Gasteiger partial charge in [-0.1, -0.05) is 18.2 Å². The Morgan fingerprint density at radius 2 is 2.10 bits per heavy atom. The first-order chi connectivity index (χ1) is 10.1. The lowest BCUT2D eigenvalue weighted by molar-refractivity contribution is -0.119. The number of aromatic carboxylic acids is 1. The second kappa shape index (κ2) is 5.05. The first-order valence-corrected chi connectivity index (χ1v) is 6.73. The fraction of sp³-hybridized carbons (Fsp3) is 0.267. The molecular weight excluding hydrogens is 270 g/mol. The minimum Gasteiger partial charge on any atom is -0.476 e. The van der Waals surface area contributed by atoms with Crippen LogP contribution >= 0.6 is 0 Å². The van der Waals surface area contributed by atoms with Crippen LogP contribution in [0.5, 0.6) is 0 Å². The van der Waals surface area contributed by atoms with Crippen LogP contribution in [0.1, 0.15) is 23.0 Å². The van der Waals surface area contributed by atoms with E-state index in [-0.39, 0.29) is 24.2 Å². The van der Waals surface area contributed by atoms with Gasteiger partial charge in [-0.25, -0.2) is 4.79 Å². The lowest BCUT2D eigenvalue weighted by atomic mass is 10.1. The number of benzene rings is 1. The summed E-state index contributed by atoms with van der Waals surface area (Å²) in [6.45, 7) is 2.04. The normalized spacial score (nSPS) is 16.8. The molecule has 1 unspecified atom stereocenters. The molecule has 2 heterocycles. The molecule has 2 aromatic rings. The third-order valence-electron chi connectivity index (χ3n) is 3.63. The van der Waals surface area contributed by atoms with Gasteiger partial charge in [0.05, 0.1) is 0 Å². The van der Waals surface area contributed by atoms with Gasteiger partial charge in [0.25, 0.3) is 0 Å². The molecule has 3 rings (SSSR count). The molecule has 0 aliphatic carbocycles. The molecule has 6 heteroatoms. The lowest BCUT2D eigenvalue weighted by Crippen LogP contribution is -2.38. The summed E-state index contributed by atoms with van der Waals surface area (Å²) in [6, 6.07) is 9.32. The van der Waals surface area contributed by atoms with E-state index in [9.17, 15) is 9.59 Å². The molecule has 1 N–H and O–H groups in total. The topological polar surface area (TPSA) is 75.4 Å². The molecule has 1 aliphatic heterocycles. The van der Waals surface area contributed by atoms with Gasteiger partial charge in [0, 0.05) is 17.9 Å². The molecule has 1 aromatic carbocycles. The number of carbonyl (C=O) groups is 2. The Balaban J connectivity index is 1.80. The molecule has 0 fully saturated rings. The summed E-state index contributed by atoms with van der Waals surface area (Å²) >= 11 is 0. The smallest absolute Gasteiger partial charge is 0.356 e. The van der Waals surface area contributed by atoms with Gasteiger partial charge in [-0.3, -0.25) is 9.48 Å². The van der Waals surface area contributed by atoms with Crippen molar-refractivity contribution in [2.75, 3.05) is 4.90 Å². The average molecular weight is 285 g/mol. The zero-order chi connectivity index (χ0) is 15.0. The predicted octanol–water partition coefficient (Wildman–Crippen LogP) is 1.56. The van der Waals surface area contributed by atoms with Crippen LogP contribution in [0.15, 0.2) is 36.5 Å². The highest BCUT2D eigenvalue weighted by molar-refractivity contribution is 5.96. The monoisotopic (exact) mass is 285 g/mol. The van der Waals surface area contributed by atoms with Crippen LogP contribution in [-0.2, 0) is 17.8 Å². The van der Waals surface area contributed by atoms with Crippen molar-refractivity contribution < 1.29 is 14.7 Å². The van der Waals surface area contributed by atoms with Crippen LogP contribution in [0.3, 0.4) is 0 Å². The molecule has 0 saturated carbocycles. The third kappa shape index (κ3) is 2.40. The average Bonchev–Trinajstić information content (AvgIpc) is 3.01. The number of rotatable bonds is 3. The maximum absolute atomic E-state index is 12.5. The van der Waals surface area contributed by atoms with Crippen LogP contribution in [-0.4, -0.2) is 32.8 Å². The maximum Gasteiger partial charge on any atom is 0.356 e. The van der Waals surface area contributed by atoms with Crippen molar-refractivity contribution in [1.29, 1.82) is 0 Å². The van der Waals surface area contributed by atoms with E-state index in [0.29, 0.717) is 0 Å². The van der Waals surface area contributed by atoms with Gasteiger partial charge in [-0.05, 0) is 31.0 Å². The highest BCUT2D eigenvalue weighted by Crippen LogP contribution is 2.31. The van der Waals surface area contributed by atoms with Crippen molar-refractivity contribution in [3.05, 3.63) is 47.8 Å². The number of aromatic nitrogens is 2. The van der Waals surface area contributed by atoms with Gasteiger partial charge in [0.1, 0.15) is 6.54 Å². The standard InChI is InChI=1S/C15H15N3O3/c1-10-8-11-4-2-3-5-13(11)18(10)14(19)9-17-7-6-12(16-17)15(20)21/h2-7,10H,8-9H2,1H3,(H,20,21). The number of carboxylic acids is 1. The Kier molecular flexibility index (Phi) is 3.21. The number of hydrogen-bond donors (Lipinski definition) is 1. The Labute approximate surface area is 121 Å². The van der Waals surface area contributed by atoms with Crippen LogP contribution in [0.25, 0.3) is 0 Å². The number of carbonyl (C=O) groups excluding carboxylic acids is 1. The van der Waals surface area contributed by atoms with Gasteiger partial charge in [0.15, 0.2) is 5.69 Å². The molecule has 108 valence electrons. The quantitative estimate of drug-likeness (QED) is 0.928. The molecule has 6 nitrogen and oxygen atoms in total. The molecule has 1 atom stereocenters. The van der Waals surface area contributed by atoms with Crippen molar-refractivity contribution in [2.24, 2.45) is 0 Å². The van der Waals surface area contributed by atoms with E-state index >= 15 is 0 Å². The van der Waals surface area contributed by atoms with Gasteiger partial charge in [-0.2, -0.15) is 5.10 Å². The predicted molar refractivity (Wildman–Crippen MR) is 76.3 cm³/mol. The van der Waals surface area contributed by atoms with Crippen LogP contribution in [0.2, 0.25) is 0 Å². The Morgan fingerprint density at radius 3 is 2.81 bits per heavy atom. The summed E-state index contributed by atoms with van der Waals surface area (Å²) in [7, 11) is 0. The van der Waals surface area contributed by atoms with Crippen molar-refractivity contribution in [3.8, 4) is 0 Å². The number of fused-ring (bicyclic) bond motifs is 1. The number of hydrogen-bond acceptors (Lipinski definition) is 3. The SMILES string of the molecule is CC1Cc2ccccc2N1C(=O)Cn1ccc(C(=O)O)n1. The zero-order valence-electron chi connectivity index (χ0n) is 11.6. The fourth-order valence-corrected chi connectivity index (χ4v) is 2.72. The van der Waals surface area contributed by atoms with Crippen molar-refractivity contribution in [1.82, 2.24) is 9.78 Å². The minimum atomic E-state index is -1.10. The molecule has 0 spiro atoms. The van der Waals surface area contributed by atoms with E-state index in [1.54, 1.807) is 4.90 Å². The van der Waals surface area contributed by atoms with E-state index in [2.05, 4.69) is 5.10 Å². The van der Waals surface area contributed by atoms with Crippen LogP contribution < -0.4 is 4.90 Å². The summed E-state index contributed by atoms with van der Waals surface area (Å²) in [5.41, 5.74) is 2.03. The summed E-state index contributed by atoms with van der Waals surface area (Å²) in [5, 5.41) is 12.7. The molecule has 1 aromatic heterocycles. The number of para-hydroxylation sites is 1. The molecule has 0 saturated heterocycles. The Hall–Kier alpha value is -2.63. The van der Waals surface area contributed by atoms with E-state index in [1.165, 1.54) is 16.9 Å². The number of carboxylic acid groups (broad SMARTS) is 1. The van der Waals surface area contributed by atoms with Gasteiger partial charge in [0.2, 0.25) is 5.91 Å². The zero-order valence-corrected chi connectivity index (χ0v) is 11.6. The highest BCUT2D eigenvalue weighted by Gasteiger charge is 2.30. The highest BCUT2D eigenvalue weighted by atomic mass is 16.4. The fourth-order valence-electron chi connectivity index (χ4n) is 2.72. The van der Waals surface area contributed by atoms with Gasteiger partial charge in [-0.15, -0.1) is 0 Å². The van der Waals surface area contributed by atoms with Crippen molar-refractivity contribution in [3.63, 3.8) is 0 Å². The first-order valence-electron chi connectivity index (χ1n) is 6.73. The van der Waals surface area contributed by atoms with Gasteiger partial charge >= 0.3 is 5.97 Å². The van der Waals surface area contributed by atoms with Gasteiger partial charge < -0.3 is 10.0 Å². The molecule has 0 bridgehead atoms. The molecule has 1 aliphatic rings. The van der Waals surface area contributed by atoms with E-state index in [0.717, 1.165) is 17.7 Å². The molecule has 0 radical (unpaired) electrons. The summed E-state index contributed by atoms with van der Waals surface area (Å²) in [6.07, 6.45) is 2.34. The number of amides is 1. The Morgan fingerprint density at radius 1 is 1.33 bits per heavy atom. The number of nitrogens with zero attached hydrogens (tertiary/aromatic N) is 3. The summed E-state index contributed by atoms with van der Waals surface area (Å²) in [4.78, 5) is 25.0. The first kappa shape index (κ1) is 13.4. The lowest BCUT2D eigenvalue weighted by Gasteiger charge is -2.22. The van der Waals surface area contributed by atoms with Crippen LogP contribution in [0, 0.1) is 0 Å². The summed E-state index contributed by atoms with van der Waals surface area (Å²) < 4.78 is 1.36.